The van der Waals surface area contributed by atoms with Gasteiger partial charge in [-0.1, -0.05) is 42.1 Å². The molecule has 0 aliphatic heterocycles. The van der Waals surface area contributed by atoms with Crippen molar-refractivity contribution in [3.63, 3.8) is 0 Å². The standard InChI is InChI=1S/C17H14N2O3S/c1-22-16(21)9-14(20)11-23-17-13(10-18)7-8-15(19-17)12-5-3-2-4-6-12/h2-8H,9,11H2,1H3. The zero-order valence-electron chi connectivity index (χ0n) is 12.5. The minimum absolute atomic E-state index is 0.0645. The Morgan fingerprint density at radius 3 is 2.61 bits per heavy atom. The molecule has 1 aromatic heterocycles. The van der Waals surface area contributed by atoms with E-state index in [1.807, 2.05) is 30.3 Å². The van der Waals surface area contributed by atoms with Gasteiger partial charge in [-0.05, 0) is 12.1 Å². The lowest BCUT2D eigenvalue weighted by atomic mass is 10.1. The third-order valence-corrected chi connectivity index (χ3v) is 4.04. The van der Waals surface area contributed by atoms with Crippen LogP contribution in [-0.2, 0) is 14.3 Å². The number of thioether (sulfide) groups is 1. The number of ether oxygens (including phenoxy) is 1. The number of nitriles is 1. The molecule has 23 heavy (non-hydrogen) atoms. The van der Waals surface area contributed by atoms with Crippen molar-refractivity contribution in [1.29, 1.82) is 5.26 Å². The van der Waals surface area contributed by atoms with Crippen molar-refractivity contribution in [2.45, 2.75) is 11.4 Å². The lowest BCUT2D eigenvalue weighted by molar-refractivity contribution is -0.142. The third kappa shape index (κ3) is 4.66. The first-order valence-electron chi connectivity index (χ1n) is 6.82. The molecule has 0 aliphatic rings. The van der Waals surface area contributed by atoms with Gasteiger partial charge in [0.15, 0.2) is 5.78 Å². The Morgan fingerprint density at radius 1 is 1.22 bits per heavy atom. The number of esters is 1. The minimum Gasteiger partial charge on any atom is -0.469 e. The number of hydrogen-bond donors (Lipinski definition) is 0. The van der Waals surface area contributed by atoms with E-state index >= 15 is 0 Å². The smallest absolute Gasteiger partial charge is 0.313 e. The molecule has 1 aromatic carbocycles. The summed E-state index contributed by atoms with van der Waals surface area (Å²) in [6.45, 7) is 0. The van der Waals surface area contributed by atoms with Crippen LogP contribution in [0.25, 0.3) is 11.3 Å². The first-order valence-corrected chi connectivity index (χ1v) is 7.80. The molecule has 116 valence electrons. The Hall–Kier alpha value is -2.65. The van der Waals surface area contributed by atoms with Gasteiger partial charge in [0.05, 0.1) is 24.1 Å². The van der Waals surface area contributed by atoms with E-state index in [9.17, 15) is 9.59 Å². The molecule has 0 saturated heterocycles. The molecule has 6 heteroatoms. The van der Waals surface area contributed by atoms with E-state index in [-0.39, 0.29) is 18.0 Å². The van der Waals surface area contributed by atoms with Crippen LogP contribution in [0, 0.1) is 11.3 Å². The van der Waals surface area contributed by atoms with Crippen molar-refractivity contribution in [2.75, 3.05) is 12.9 Å². The predicted molar refractivity (Wildman–Crippen MR) is 86.8 cm³/mol. The Kier molecular flexibility index (Phi) is 5.89. The fraction of sp³-hybridized carbons (Fsp3) is 0.176. The summed E-state index contributed by atoms with van der Waals surface area (Å²) in [6, 6.07) is 15.1. The largest absolute Gasteiger partial charge is 0.469 e. The molecule has 0 saturated carbocycles. The molecule has 0 spiro atoms. The first-order chi connectivity index (χ1) is 11.1. The predicted octanol–water partition coefficient (Wildman–Crippen LogP) is 2.84. The number of aromatic nitrogens is 1. The van der Waals surface area contributed by atoms with Crippen LogP contribution in [0.1, 0.15) is 12.0 Å². The third-order valence-electron chi connectivity index (χ3n) is 2.99. The molecule has 0 radical (unpaired) electrons. The van der Waals surface area contributed by atoms with Crippen molar-refractivity contribution >= 4 is 23.5 Å². The van der Waals surface area contributed by atoms with Gasteiger partial charge in [0.2, 0.25) is 0 Å². The molecule has 0 aliphatic carbocycles. The quantitative estimate of drug-likeness (QED) is 0.461. The monoisotopic (exact) mass is 326 g/mol. The minimum atomic E-state index is -0.567. The van der Waals surface area contributed by atoms with Gasteiger partial charge in [-0.2, -0.15) is 5.26 Å². The number of Topliss-reactive ketones (excluding diaryl/α,β-unsaturated/α-hetero) is 1. The Labute approximate surface area is 138 Å². The highest BCUT2D eigenvalue weighted by molar-refractivity contribution is 8.00. The zero-order chi connectivity index (χ0) is 16.7. The average Bonchev–Trinajstić information content (AvgIpc) is 2.60. The number of benzene rings is 1. The normalized spacial score (nSPS) is 9.91. The molecule has 0 fully saturated rings. The molecule has 0 unspecified atom stereocenters. The molecule has 2 rings (SSSR count). The van der Waals surface area contributed by atoms with E-state index in [4.69, 9.17) is 5.26 Å². The maximum atomic E-state index is 11.7. The van der Waals surface area contributed by atoms with Crippen molar-refractivity contribution in [3.05, 3.63) is 48.0 Å². The molecule has 0 bridgehead atoms. The van der Waals surface area contributed by atoms with Crippen LogP contribution < -0.4 is 0 Å². The second kappa shape index (κ2) is 8.11. The zero-order valence-corrected chi connectivity index (χ0v) is 13.3. The van der Waals surface area contributed by atoms with Crippen LogP contribution in [0.2, 0.25) is 0 Å². The lowest BCUT2D eigenvalue weighted by Crippen LogP contribution is -2.11. The highest BCUT2D eigenvalue weighted by Crippen LogP contribution is 2.25. The van der Waals surface area contributed by atoms with Gasteiger partial charge in [0.1, 0.15) is 17.5 Å². The van der Waals surface area contributed by atoms with E-state index in [1.165, 1.54) is 7.11 Å². The number of ketones is 1. The van der Waals surface area contributed by atoms with Gasteiger partial charge in [-0.25, -0.2) is 4.98 Å². The highest BCUT2D eigenvalue weighted by Gasteiger charge is 2.13. The Balaban J connectivity index is 2.15. The summed E-state index contributed by atoms with van der Waals surface area (Å²) in [5.41, 5.74) is 2.06. The molecule has 0 amide bonds. The average molecular weight is 326 g/mol. The van der Waals surface area contributed by atoms with Gasteiger partial charge in [0.25, 0.3) is 0 Å². The second-order valence-electron chi connectivity index (χ2n) is 4.61. The van der Waals surface area contributed by atoms with Crippen LogP contribution in [0.4, 0.5) is 0 Å². The van der Waals surface area contributed by atoms with Crippen molar-refractivity contribution < 1.29 is 14.3 Å². The maximum Gasteiger partial charge on any atom is 0.313 e. The van der Waals surface area contributed by atoms with E-state index in [2.05, 4.69) is 15.8 Å². The summed E-state index contributed by atoms with van der Waals surface area (Å²) in [5, 5.41) is 9.64. The first kappa shape index (κ1) is 16.7. The topological polar surface area (TPSA) is 80.1 Å². The van der Waals surface area contributed by atoms with E-state index in [0.29, 0.717) is 10.6 Å². The molecular formula is C17H14N2O3S. The van der Waals surface area contributed by atoms with Crippen LogP contribution in [0.3, 0.4) is 0 Å². The summed E-state index contributed by atoms with van der Waals surface area (Å²) in [4.78, 5) is 27.2. The fourth-order valence-electron chi connectivity index (χ4n) is 1.84. The molecule has 0 N–H and O–H groups in total. The number of carbonyl (C=O) groups excluding carboxylic acids is 2. The highest BCUT2D eigenvalue weighted by atomic mass is 32.2. The van der Waals surface area contributed by atoms with Gasteiger partial charge < -0.3 is 4.74 Å². The maximum absolute atomic E-state index is 11.7. The van der Waals surface area contributed by atoms with Crippen LogP contribution in [-0.4, -0.2) is 29.6 Å². The van der Waals surface area contributed by atoms with Crippen molar-refractivity contribution in [1.82, 2.24) is 4.98 Å². The van der Waals surface area contributed by atoms with Crippen LogP contribution in [0.5, 0.6) is 0 Å². The number of carbonyl (C=O) groups is 2. The summed E-state index contributed by atoms with van der Waals surface area (Å²) < 4.78 is 4.46. The van der Waals surface area contributed by atoms with Crippen LogP contribution in [0.15, 0.2) is 47.5 Å². The summed E-state index contributed by atoms with van der Waals surface area (Å²) in [7, 11) is 1.24. The SMILES string of the molecule is COC(=O)CC(=O)CSc1nc(-c2ccccc2)ccc1C#N. The van der Waals surface area contributed by atoms with Gasteiger partial charge in [0, 0.05) is 5.56 Å². The second-order valence-corrected chi connectivity index (χ2v) is 5.57. The van der Waals surface area contributed by atoms with Crippen molar-refractivity contribution in [2.24, 2.45) is 0 Å². The van der Waals surface area contributed by atoms with Gasteiger partial charge in [-0.15, -0.1) is 0 Å². The van der Waals surface area contributed by atoms with E-state index < -0.39 is 5.97 Å². The number of rotatable bonds is 6. The summed E-state index contributed by atoms with van der Waals surface area (Å²) >= 11 is 1.15. The number of hydrogen-bond acceptors (Lipinski definition) is 6. The summed E-state index contributed by atoms with van der Waals surface area (Å²) in [5.74, 6) is -0.769. The molecule has 1 heterocycles. The lowest BCUT2D eigenvalue weighted by Gasteiger charge is -2.06. The fourth-order valence-corrected chi connectivity index (χ4v) is 2.67. The molecular weight excluding hydrogens is 312 g/mol. The molecule has 0 atom stereocenters. The van der Waals surface area contributed by atoms with Crippen molar-refractivity contribution in [3.8, 4) is 17.3 Å². The number of nitrogens with zero attached hydrogens (tertiary/aromatic N) is 2. The van der Waals surface area contributed by atoms with Crippen LogP contribution >= 0.6 is 11.8 Å². The number of pyridine rings is 1. The van der Waals surface area contributed by atoms with E-state index in [1.54, 1.807) is 12.1 Å². The summed E-state index contributed by atoms with van der Waals surface area (Å²) in [6.07, 6.45) is -0.274. The Bertz CT molecular complexity index is 754. The molecule has 2 aromatic rings. The van der Waals surface area contributed by atoms with E-state index in [0.717, 1.165) is 23.0 Å². The van der Waals surface area contributed by atoms with Gasteiger partial charge >= 0.3 is 5.97 Å². The van der Waals surface area contributed by atoms with Gasteiger partial charge in [-0.3, -0.25) is 9.59 Å². The number of methoxy groups -OCH3 is 1. The Morgan fingerprint density at radius 2 is 1.96 bits per heavy atom. The molecule has 5 nitrogen and oxygen atoms in total.